The fourth-order valence-corrected chi connectivity index (χ4v) is 4.24. The topological polar surface area (TPSA) is 38.7 Å². The molecule has 0 aliphatic carbocycles. The van der Waals surface area contributed by atoms with Crippen molar-refractivity contribution in [1.29, 1.82) is 0 Å². The third kappa shape index (κ3) is 14.6. The number of benzene rings is 1. The Hall–Kier alpha value is -1.64. The first-order chi connectivity index (χ1) is 16.3. The minimum absolute atomic E-state index is 0.158. The SMILES string of the molecule is CCCCCCCCCCCCOC(=O)C(CC(C)C)N=CC(C)Cc1ccc(C(C)C)cc1. The number of hydrogen-bond donors (Lipinski definition) is 0. The average molecular weight is 472 g/mol. The van der Waals surface area contributed by atoms with Crippen LogP contribution in [0.25, 0.3) is 0 Å². The molecule has 0 aliphatic heterocycles. The summed E-state index contributed by atoms with van der Waals surface area (Å²) in [5.74, 6) is 1.09. The van der Waals surface area contributed by atoms with Crippen LogP contribution in [0.3, 0.4) is 0 Å². The van der Waals surface area contributed by atoms with E-state index in [-0.39, 0.29) is 17.9 Å². The van der Waals surface area contributed by atoms with Crippen LogP contribution in [-0.2, 0) is 16.0 Å². The van der Waals surface area contributed by atoms with Gasteiger partial charge in [-0.05, 0) is 48.1 Å². The molecule has 34 heavy (non-hydrogen) atoms. The van der Waals surface area contributed by atoms with Gasteiger partial charge in [-0.25, -0.2) is 4.79 Å². The lowest BCUT2D eigenvalue weighted by Gasteiger charge is -2.15. The molecule has 0 amide bonds. The second-order valence-corrected chi connectivity index (χ2v) is 10.9. The highest BCUT2D eigenvalue weighted by Gasteiger charge is 2.20. The van der Waals surface area contributed by atoms with Crippen molar-refractivity contribution < 1.29 is 9.53 Å². The van der Waals surface area contributed by atoms with Crippen LogP contribution in [0.1, 0.15) is 129 Å². The van der Waals surface area contributed by atoms with Gasteiger partial charge < -0.3 is 4.74 Å². The van der Waals surface area contributed by atoms with Gasteiger partial charge in [0.25, 0.3) is 0 Å². The van der Waals surface area contributed by atoms with Gasteiger partial charge in [-0.15, -0.1) is 0 Å². The van der Waals surface area contributed by atoms with Gasteiger partial charge in [0, 0.05) is 6.21 Å². The molecule has 1 aromatic carbocycles. The number of rotatable bonds is 19. The number of ether oxygens (including phenoxy) is 1. The maximum atomic E-state index is 12.7. The Morgan fingerprint density at radius 1 is 0.853 bits per heavy atom. The predicted octanol–water partition coefficient (Wildman–Crippen LogP) is 8.94. The smallest absolute Gasteiger partial charge is 0.330 e. The quantitative estimate of drug-likeness (QED) is 0.115. The van der Waals surface area contributed by atoms with Crippen molar-refractivity contribution in [1.82, 2.24) is 0 Å². The third-order valence-corrected chi connectivity index (χ3v) is 6.43. The fraction of sp³-hybridized carbons (Fsp3) is 0.742. The molecule has 3 nitrogen and oxygen atoms in total. The Labute approximate surface area is 211 Å². The first kappa shape index (κ1) is 30.4. The predicted molar refractivity (Wildman–Crippen MR) is 148 cm³/mol. The molecular formula is C31H53NO2. The molecule has 0 saturated heterocycles. The van der Waals surface area contributed by atoms with Crippen LogP contribution in [-0.4, -0.2) is 24.8 Å². The van der Waals surface area contributed by atoms with Gasteiger partial charge in [-0.1, -0.05) is 124 Å². The zero-order valence-electron chi connectivity index (χ0n) is 23.2. The van der Waals surface area contributed by atoms with E-state index in [1.54, 1.807) is 0 Å². The second kappa shape index (κ2) is 18.7. The number of hydrogen-bond acceptors (Lipinski definition) is 3. The van der Waals surface area contributed by atoms with Crippen LogP contribution in [0.4, 0.5) is 0 Å². The number of unbranched alkanes of at least 4 members (excludes halogenated alkanes) is 9. The van der Waals surface area contributed by atoms with Gasteiger partial charge in [-0.2, -0.15) is 0 Å². The van der Waals surface area contributed by atoms with Crippen molar-refractivity contribution in [2.75, 3.05) is 6.61 Å². The van der Waals surface area contributed by atoms with Crippen molar-refractivity contribution in [2.24, 2.45) is 16.8 Å². The number of carbonyl (C=O) groups excluding carboxylic acids is 1. The van der Waals surface area contributed by atoms with Crippen LogP contribution < -0.4 is 0 Å². The number of aliphatic imine (C=N–C) groups is 1. The van der Waals surface area contributed by atoms with E-state index in [0.29, 0.717) is 18.4 Å². The van der Waals surface area contributed by atoms with Gasteiger partial charge in [0.2, 0.25) is 0 Å². The van der Waals surface area contributed by atoms with Crippen LogP contribution in [0.2, 0.25) is 0 Å². The molecule has 0 radical (unpaired) electrons. The summed E-state index contributed by atoms with van der Waals surface area (Å²) in [6.07, 6.45) is 16.5. The first-order valence-corrected chi connectivity index (χ1v) is 14.1. The molecule has 1 aromatic rings. The zero-order chi connectivity index (χ0) is 25.2. The minimum Gasteiger partial charge on any atom is -0.464 e. The van der Waals surface area contributed by atoms with Crippen LogP contribution in [0, 0.1) is 11.8 Å². The largest absolute Gasteiger partial charge is 0.464 e. The molecule has 0 saturated carbocycles. The highest BCUT2D eigenvalue weighted by molar-refractivity contribution is 5.78. The molecule has 3 heteroatoms. The Morgan fingerprint density at radius 3 is 1.94 bits per heavy atom. The normalized spacial score (nSPS) is 13.6. The highest BCUT2D eigenvalue weighted by Crippen LogP contribution is 2.17. The summed E-state index contributed by atoms with van der Waals surface area (Å²) < 4.78 is 5.61. The molecule has 2 atom stereocenters. The maximum Gasteiger partial charge on any atom is 0.330 e. The summed E-state index contributed by atoms with van der Waals surface area (Å²) in [6.45, 7) is 13.7. The Morgan fingerprint density at radius 2 is 1.41 bits per heavy atom. The van der Waals surface area contributed by atoms with E-state index in [1.165, 1.54) is 62.5 Å². The van der Waals surface area contributed by atoms with Crippen molar-refractivity contribution >= 4 is 12.2 Å². The molecule has 0 bridgehead atoms. The van der Waals surface area contributed by atoms with Crippen molar-refractivity contribution in [3.8, 4) is 0 Å². The molecule has 194 valence electrons. The van der Waals surface area contributed by atoms with E-state index < -0.39 is 0 Å². The summed E-state index contributed by atoms with van der Waals surface area (Å²) in [5.41, 5.74) is 2.68. The van der Waals surface area contributed by atoms with E-state index in [2.05, 4.69) is 70.8 Å². The minimum atomic E-state index is -0.381. The molecule has 0 aromatic heterocycles. The van der Waals surface area contributed by atoms with Gasteiger partial charge in [0.1, 0.15) is 6.04 Å². The molecule has 0 fully saturated rings. The molecular weight excluding hydrogens is 418 g/mol. The molecule has 0 spiro atoms. The number of nitrogens with zero attached hydrogens (tertiary/aromatic N) is 1. The summed E-state index contributed by atoms with van der Waals surface area (Å²) in [7, 11) is 0. The lowest BCUT2D eigenvalue weighted by molar-refractivity contribution is -0.145. The zero-order valence-corrected chi connectivity index (χ0v) is 23.2. The highest BCUT2D eigenvalue weighted by atomic mass is 16.5. The van der Waals surface area contributed by atoms with Crippen molar-refractivity contribution in [3.05, 3.63) is 35.4 Å². The Balaban J connectivity index is 2.34. The van der Waals surface area contributed by atoms with Crippen LogP contribution in [0.15, 0.2) is 29.3 Å². The number of carbonyl (C=O) groups is 1. The summed E-state index contributed by atoms with van der Waals surface area (Å²) in [5, 5.41) is 0. The van der Waals surface area contributed by atoms with Gasteiger partial charge in [0.05, 0.1) is 6.61 Å². The van der Waals surface area contributed by atoms with Crippen LogP contribution >= 0.6 is 0 Å². The van der Waals surface area contributed by atoms with E-state index in [0.717, 1.165) is 25.7 Å². The van der Waals surface area contributed by atoms with Crippen LogP contribution in [0.5, 0.6) is 0 Å². The third-order valence-electron chi connectivity index (χ3n) is 6.43. The monoisotopic (exact) mass is 471 g/mol. The standard InChI is InChI=1S/C31H53NO2/c1-7-8-9-10-11-12-13-14-15-16-21-34-31(33)30(22-25(2)3)32-24-27(6)23-28-17-19-29(20-18-28)26(4)5/h17-20,24-27,30H,7-16,21-23H2,1-6H3. The molecule has 1 rings (SSSR count). The van der Waals surface area contributed by atoms with E-state index in [4.69, 9.17) is 4.74 Å². The van der Waals surface area contributed by atoms with E-state index >= 15 is 0 Å². The molecule has 0 N–H and O–H groups in total. The average Bonchev–Trinajstić information content (AvgIpc) is 2.80. The van der Waals surface area contributed by atoms with Crippen molar-refractivity contribution in [2.45, 2.75) is 131 Å². The number of esters is 1. The summed E-state index contributed by atoms with van der Waals surface area (Å²) >= 11 is 0. The Kier molecular flexibility index (Phi) is 16.7. The molecule has 0 heterocycles. The van der Waals surface area contributed by atoms with Gasteiger partial charge in [-0.3, -0.25) is 4.99 Å². The second-order valence-electron chi connectivity index (χ2n) is 10.9. The molecule has 2 unspecified atom stereocenters. The lowest BCUT2D eigenvalue weighted by Crippen LogP contribution is -2.24. The van der Waals surface area contributed by atoms with Crippen molar-refractivity contribution in [3.63, 3.8) is 0 Å². The lowest BCUT2D eigenvalue weighted by atomic mass is 9.97. The Bertz CT molecular complexity index is 663. The fourth-order valence-electron chi connectivity index (χ4n) is 4.24. The van der Waals surface area contributed by atoms with Gasteiger partial charge in [0.15, 0.2) is 0 Å². The maximum absolute atomic E-state index is 12.7. The summed E-state index contributed by atoms with van der Waals surface area (Å²) in [6, 6.07) is 8.49. The van der Waals surface area contributed by atoms with Gasteiger partial charge >= 0.3 is 5.97 Å². The van der Waals surface area contributed by atoms with E-state index in [9.17, 15) is 4.79 Å². The summed E-state index contributed by atoms with van der Waals surface area (Å²) in [4.78, 5) is 17.4. The van der Waals surface area contributed by atoms with E-state index in [1.807, 2.05) is 6.21 Å². The molecule has 0 aliphatic rings. The first-order valence-electron chi connectivity index (χ1n) is 14.1.